The maximum absolute atomic E-state index is 12.0. The number of aryl methyl sites for hydroxylation is 1. The van der Waals surface area contributed by atoms with Crippen LogP contribution in [-0.2, 0) is 27.9 Å². The Morgan fingerprint density at radius 2 is 1.82 bits per heavy atom. The fraction of sp³-hybridized carbons (Fsp3) is 0.263. The van der Waals surface area contributed by atoms with Crippen LogP contribution in [0.2, 0.25) is 0 Å². The third-order valence-electron chi connectivity index (χ3n) is 4.35. The lowest BCUT2D eigenvalue weighted by molar-refractivity contribution is -0.121. The van der Waals surface area contributed by atoms with Crippen LogP contribution in [0.5, 0.6) is 0 Å². The normalized spacial score (nSPS) is 11.6. The molecule has 0 spiro atoms. The minimum atomic E-state index is -3.47. The second kappa shape index (κ2) is 8.41. The molecule has 2 aromatic carbocycles. The maximum atomic E-state index is 12.0. The monoisotopic (exact) mass is 403 g/mol. The number of carbonyl (C=O) groups is 1. The summed E-state index contributed by atoms with van der Waals surface area (Å²) in [5, 5.41) is 2.79. The van der Waals surface area contributed by atoms with E-state index in [0.717, 1.165) is 5.56 Å². The molecule has 1 heterocycles. The van der Waals surface area contributed by atoms with Crippen LogP contribution in [-0.4, -0.2) is 25.9 Å². The molecule has 0 aliphatic carbocycles. The van der Waals surface area contributed by atoms with Gasteiger partial charge in [0.2, 0.25) is 15.9 Å². The first-order valence-electron chi connectivity index (χ1n) is 8.78. The number of carbonyl (C=O) groups excluding carboxylic acids is 1. The standard InChI is InChI=1S/C19H21N3O5S/c1-20-28(25,26)15-10-8-14(9-11-15)13-21-18(23)7-4-12-22-16-5-2-3-6-17(16)27-19(22)24/h2-3,5-6,8-11,20H,4,7,12-13H2,1H3,(H,21,23). The van der Waals surface area contributed by atoms with Crippen LogP contribution in [0.3, 0.4) is 0 Å². The highest BCUT2D eigenvalue weighted by Gasteiger charge is 2.11. The van der Waals surface area contributed by atoms with Gasteiger partial charge >= 0.3 is 5.76 Å². The molecule has 9 heteroatoms. The van der Waals surface area contributed by atoms with Crippen molar-refractivity contribution in [3.05, 3.63) is 64.6 Å². The van der Waals surface area contributed by atoms with Crippen LogP contribution in [0.4, 0.5) is 0 Å². The molecule has 28 heavy (non-hydrogen) atoms. The van der Waals surface area contributed by atoms with Gasteiger partial charge in [0, 0.05) is 19.5 Å². The Kier molecular flexibility index (Phi) is 5.96. The van der Waals surface area contributed by atoms with Crippen molar-refractivity contribution in [1.29, 1.82) is 0 Å². The average Bonchev–Trinajstić information content (AvgIpc) is 3.02. The minimum absolute atomic E-state index is 0.146. The number of oxazole rings is 1. The van der Waals surface area contributed by atoms with Gasteiger partial charge in [-0.25, -0.2) is 17.9 Å². The number of benzene rings is 2. The van der Waals surface area contributed by atoms with E-state index in [9.17, 15) is 18.0 Å². The first-order valence-corrected chi connectivity index (χ1v) is 10.3. The van der Waals surface area contributed by atoms with Crippen molar-refractivity contribution in [3.8, 4) is 0 Å². The van der Waals surface area contributed by atoms with Gasteiger partial charge in [0.05, 0.1) is 10.4 Å². The molecule has 0 aliphatic rings. The number of amides is 1. The van der Waals surface area contributed by atoms with E-state index < -0.39 is 15.8 Å². The molecule has 3 rings (SSSR count). The molecule has 1 aromatic heterocycles. The highest BCUT2D eigenvalue weighted by molar-refractivity contribution is 7.89. The molecule has 3 aromatic rings. The van der Waals surface area contributed by atoms with Crippen LogP contribution >= 0.6 is 0 Å². The Labute approximate surface area is 162 Å². The van der Waals surface area contributed by atoms with Crippen molar-refractivity contribution < 1.29 is 17.6 Å². The van der Waals surface area contributed by atoms with Gasteiger partial charge in [-0.2, -0.15) is 0 Å². The summed E-state index contributed by atoms with van der Waals surface area (Å²) >= 11 is 0. The third-order valence-corrected chi connectivity index (χ3v) is 5.78. The number of hydrogen-bond acceptors (Lipinski definition) is 5. The molecule has 0 aliphatic heterocycles. The summed E-state index contributed by atoms with van der Waals surface area (Å²) in [6, 6.07) is 13.4. The topological polar surface area (TPSA) is 110 Å². The number of fused-ring (bicyclic) bond motifs is 1. The second-order valence-corrected chi connectivity index (χ2v) is 8.11. The molecule has 148 valence electrons. The van der Waals surface area contributed by atoms with Gasteiger partial charge in [-0.1, -0.05) is 24.3 Å². The zero-order valence-electron chi connectivity index (χ0n) is 15.3. The van der Waals surface area contributed by atoms with Gasteiger partial charge in [0.25, 0.3) is 0 Å². The first-order chi connectivity index (χ1) is 13.4. The zero-order valence-corrected chi connectivity index (χ0v) is 16.2. The van der Waals surface area contributed by atoms with Crippen molar-refractivity contribution in [3.63, 3.8) is 0 Å². The third kappa shape index (κ3) is 4.49. The van der Waals surface area contributed by atoms with Gasteiger partial charge in [-0.05, 0) is 43.3 Å². The van der Waals surface area contributed by atoms with E-state index in [4.69, 9.17) is 4.42 Å². The summed E-state index contributed by atoms with van der Waals surface area (Å²) in [4.78, 5) is 24.1. The van der Waals surface area contributed by atoms with Crippen molar-refractivity contribution in [2.45, 2.75) is 30.8 Å². The van der Waals surface area contributed by atoms with Crippen LogP contribution in [0.1, 0.15) is 18.4 Å². The van der Waals surface area contributed by atoms with E-state index >= 15 is 0 Å². The van der Waals surface area contributed by atoms with Crippen LogP contribution in [0, 0.1) is 0 Å². The van der Waals surface area contributed by atoms with Crippen LogP contribution < -0.4 is 15.8 Å². The second-order valence-electron chi connectivity index (χ2n) is 6.22. The Bertz CT molecular complexity index is 1130. The molecule has 0 saturated heterocycles. The molecule has 0 fully saturated rings. The summed E-state index contributed by atoms with van der Waals surface area (Å²) in [7, 11) is -2.12. The highest BCUT2D eigenvalue weighted by atomic mass is 32.2. The summed E-state index contributed by atoms with van der Waals surface area (Å²) in [5.41, 5.74) is 2.03. The maximum Gasteiger partial charge on any atom is 0.419 e. The predicted molar refractivity (Wildman–Crippen MR) is 104 cm³/mol. The number of hydrogen-bond donors (Lipinski definition) is 2. The number of rotatable bonds is 8. The van der Waals surface area contributed by atoms with E-state index in [0.29, 0.717) is 30.6 Å². The average molecular weight is 403 g/mol. The molecule has 2 N–H and O–H groups in total. The SMILES string of the molecule is CNS(=O)(=O)c1ccc(CNC(=O)CCCn2c(=O)oc3ccccc32)cc1. The highest BCUT2D eigenvalue weighted by Crippen LogP contribution is 2.13. The van der Waals surface area contributed by atoms with Crippen molar-refractivity contribution in [2.24, 2.45) is 0 Å². The fourth-order valence-electron chi connectivity index (χ4n) is 2.82. The van der Waals surface area contributed by atoms with E-state index in [1.165, 1.54) is 23.7 Å². The van der Waals surface area contributed by atoms with Crippen molar-refractivity contribution >= 4 is 27.0 Å². The molecule has 0 unspecified atom stereocenters. The molecular weight excluding hydrogens is 382 g/mol. The fourth-order valence-corrected chi connectivity index (χ4v) is 3.55. The molecule has 1 amide bonds. The van der Waals surface area contributed by atoms with Crippen LogP contribution in [0.25, 0.3) is 11.1 Å². The van der Waals surface area contributed by atoms with E-state index in [1.807, 2.05) is 6.07 Å². The van der Waals surface area contributed by atoms with Crippen molar-refractivity contribution in [1.82, 2.24) is 14.6 Å². The first kappa shape index (κ1) is 19.8. The molecule has 8 nitrogen and oxygen atoms in total. The molecule has 0 atom stereocenters. The van der Waals surface area contributed by atoms with Crippen LogP contribution in [0.15, 0.2) is 62.6 Å². The lowest BCUT2D eigenvalue weighted by Crippen LogP contribution is -2.23. The number of nitrogens with zero attached hydrogens (tertiary/aromatic N) is 1. The smallest absolute Gasteiger partial charge is 0.408 e. The Morgan fingerprint density at radius 3 is 2.54 bits per heavy atom. The summed E-state index contributed by atoms with van der Waals surface area (Å²) in [6.45, 7) is 0.688. The quantitative estimate of drug-likeness (QED) is 0.594. The van der Waals surface area contributed by atoms with E-state index in [2.05, 4.69) is 10.0 Å². The Morgan fingerprint density at radius 1 is 1.11 bits per heavy atom. The van der Waals surface area contributed by atoms with Gasteiger partial charge in [0.1, 0.15) is 0 Å². The molecule has 0 bridgehead atoms. The number of para-hydroxylation sites is 2. The van der Waals surface area contributed by atoms with Gasteiger partial charge in [-0.3, -0.25) is 9.36 Å². The van der Waals surface area contributed by atoms with E-state index in [1.54, 1.807) is 30.3 Å². The van der Waals surface area contributed by atoms with Gasteiger partial charge < -0.3 is 9.73 Å². The lowest BCUT2D eigenvalue weighted by atomic mass is 10.2. The summed E-state index contributed by atoms with van der Waals surface area (Å²) < 4.78 is 32.3. The van der Waals surface area contributed by atoms with E-state index in [-0.39, 0.29) is 17.2 Å². The minimum Gasteiger partial charge on any atom is -0.408 e. The summed E-state index contributed by atoms with van der Waals surface area (Å²) in [5.74, 6) is -0.578. The molecule has 0 radical (unpaired) electrons. The molecule has 0 saturated carbocycles. The molecular formula is C19H21N3O5S. The zero-order chi connectivity index (χ0) is 20.1. The number of sulfonamides is 1. The van der Waals surface area contributed by atoms with Crippen molar-refractivity contribution in [2.75, 3.05) is 7.05 Å². The largest absolute Gasteiger partial charge is 0.419 e. The summed E-state index contributed by atoms with van der Waals surface area (Å²) in [6.07, 6.45) is 0.757. The number of aromatic nitrogens is 1. The van der Waals surface area contributed by atoms with Gasteiger partial charge in [0.15, 0.2) is 5.58 Å². The van der Waals surface area contributed by atoms with Gasteiger partial charge in [-0.15, -0.1) is 0 Å². The Hall–Kier alpha value is -2.91. The number of nitrogens with one attached hydrogen (secondary N) is 2. The Balaban J connectivity index is 1.50. The lowest BCUT2D eigenvalue weighted by Gasteiger charge is -2.07. The predicted octanol–water partition coefficient (Wildman–Crippen LogP) is 1.60.